The summed E-state index contributed by atoms with van der Waals surface area (Å²) in [5, 5.41) is -0.0970. The van der Waals surface area contributed by atoms with Crippen molar-refractivity contribution in [2.45, 2.75) is 89.0 Å². The molecule has 1 aliphatic heterocycles. The summed E-state index contributed by atoms with van der Waals surface area (Å²) >= 11 is 0. The van der Waals surface area contributed by atoms with Crippen molar-refractivity contribution in [1.82, 2.24) is 14.5 Å². The normalized spacial score (nSPS) is 18.9. The van der Waals surface area contributed by atoms with Crippen molar-refractivity contribution in [2.75, 3.05) is 6.61 Å². The summed E-state index contributed by atoms with van der Waals surface area (Å²) in [4.78, 5) is 19.2. The summed E-state index contributed by atoms with van der Waals surface area (Å²) in [5.74, 6) is -0.969. The van der Waals surface area contributed by atoms with Gasteiger partial charge in [-0.3, -0.25) is 4.79 Å². The second-order valence-corrected chi connectivity index (χ2v) is 12.5. The first-order valence-electron chi connectivity index (χ1n) is 12.0. The number of amides is 1. The van der Waals surface area contributed by atoms with Gasteiger partial charge < -0.3 is 14.2 Å². The lowest BCUT2D eigenvalue weighted by atomic mass is 9.91. The smallest absolute Gasteiger partial charge is 0.228 e. The predicted molar refractivity (Wildman–Crippen MR) is 126 cm³/mol. The highest BCUT2D eigenvalue weighted by molar-refractivity contribution is 7.90. The topological polar surface area (TPSA) is 81.5 Å². The van der Waals surface area contributed by atoms with Crippen molar-refractivity contribution in [1.29, 1.82) is 0 Å². The van der Waals surface area contributed by atoms with Gasteiger partial charge in [0.2, 0.25) is 20.9 Å². The standard InChI is InChI=1S/C25H34FN3O4S/c1-25(2,3)13-23(30)28(19-10-11-19)15-20-14-27-24(29(20)16-21-8-6-12-33-21)34(31,32)17-18-7-4-5-9-22(18)26/h4-5,7,9,14,19,21H,6,8,10-13,15-17H2,1-3H3. The van der Waals surface area contributed by atoms with Gasteiger partial charge in [-0.05, 0) is 37.2 Å². The number of carbonyl (C=O) groups excluding carboxylic acids is 1. The number of carbonyl (C=O) groups is 1. The number of benzene rings is 1. The summed E-state index contributed by atoms with van der Waals surface area (Å²) in [5.41, 5.74) is 0.628. The van der Waals surface area contributed by atoms with Crippen LogP contribution in [0.2, 0.25) is 0 Å². The van der Waals surface area contributed by atoms with Gasteiger partial charge in [-0.2, -0.15) is 0 Å². The van der Waals surface area contributed by atoms with E-state index < -0.39 is 21.4 Å². The van der Waals surface area contributed by atoms with Crippen LogP contribution in [0.25, 0.3) is 0 Å². The van der Waals surface area contributed by atoms with E-state index in [9.17, 15) is 17.6 Å². The van der Waals surface area contributed by atoms with Gasteiger partial charge in [-0.1, -0.05) is 39.0 Å². The Morgan fingerprint density at radius 1 is 1.24 bits per heavy atom. The average molecular weight is 492 g/mol. The Labute approximate surface area is 201 Å². The predicted octanol–water partition coefficient (Wildman–Crippen LogP) is 4.10. The Balaban J connectivity index is 1.65. The molecule has 0 spiro atoms. The zero-order valence-electron chi connectivity index (χ0n) is 20.2. The molecular formula is C25H34FN3O4S. The molecule has 1 saturated carbocycles. The van der Waals surface area contributed by atoms with E-state index in [4.69, 9.17) is 4.74 Å². The van der Waals surface area contributed by atoms with Gasteiger partial charge in [0.25, 0.3) is 0 Å². The third-order valence-corrected chi connectivity index (χ3v) is 7.79. The number of aromatic nitrogens is 2. The Morgan fingerprint density at radius 3 is 2.59 bits per heavy atom. The Bertz CT molecular complexity index is 1130. The minimum Gasteiger partial charge on any atom is -0.376 e. The number of ether oxygens (including phenoxy) is 1. The highest BCUT2D eigenvalue weighted by atomic mass is 32.2. The molecule has 1 unspecified atom stereocenters. The van der Waals surface area contributed by atoms with Gasteiger partial charge in [0.05, 0.1) is 36.8 Å². The van der Waals surface area contributed by atoms with Crippen molar-refractivity contribution in [3.63, 3.8) is 0 Å². The van der Waals surface area contributed by atoms with Gasteiger partial charge in [-0.25, -0.2) is 17.8 Å². The van der Waals surface area contributed by atoms with E-state index in [2.05, 4.69) is 4.98 Å². The lowest BCUT2D eigenvalue weighted by Gasteiger charge is -2.27. The van der Waals surface area contributed by atoms with Crippen LogP contribution in [0.15, 0.2) is 35.6 Å². The fourth-order valence-electron chi connectivity index (χ4n) is 4.38. The first-order valence-corrected chi connectivity index (χ1v) is 13.6. The maximum absolute atomic E-state index is 14.2. The van der Waals surface area contributed by atoms with Gasteiger partial charge in [0.1, 0.15) is 5.82 Å². The third-order valence-electron chi connectivity index (χ3n) is 6.22. The van der Waals surface area contributed by atoms with Crippen LogP contribution in [-0.4, -0.2) is 47.5 Å². The number of sulfone groups is 1. The second-order valence-electron chi connectivity index (χ2n) is 10.6. The quantitative estimate of drug-likeness (QED) is 0.528. The Morgan fingerprint density at radius 2 is 1.97 bits per heavy atom. The molecular weight excluding hydrogens is 457 g/mol. The van der Waals surface area contributed by atoms with E-state index in [-0.39, 0.29) is 34.2 Å². The van der Waals surface area contributed by atoms with Crippen LogP contribution in [-0.2, 0) is 38.2 Å². The van der Waals surface area contributed by atoms with Crippen molar-refractivity contribution >= 4 is 15.7 Å². The molecule has 9 heteroatoms. The molecule has 2 fully saturated rings. The summed E-state index contributed by atoms with van der Waals surface area (Å²) in [6.07, 6.45) is 5.51. The number of halogens is 1. The van der Waals surface area contributed by atoms with Crippen LogP contribution in [0, 0.1) is 11.2 Å². The first-order chi connectivity index (χ1) is 16.0. The molecule has 2 aliphatic rings. The van der Waals surface area contributed by atoms with Gasteiger partial charge in [0, 0.05) is 24.6 Å². The highest BCUT2D eigenvalue weighted by Gasteiger charge is 2.36. The van der Waals surface area contributed by atoms with Crippen LogP contribution in [0.5, 0.6) is 0 Å². The average Bonchev–Trinajstić information content (AvgIpc) is 3.29. The van der Waals surface area contributed by atoms with Gasteiger partial charge in [0.15, 0.2) is 0 Å². The molecule has 1 amide bonds. The van der Waals surface area contributed by atoms with E-state index >= 15 is 0 Å². The number of nitrogens with zero attached hydrogens (tertiary/aromatic N) is 3. The summed E-state index contributed by atoms with van der Waals surface area (Å²) in [6, 6.07) is 6.06. The monoisotopic (exact) mass is 491 g/mol. The molecule has 1 aromatic carbocycles. The van der Waals surface area contributed by atoms with E-state index in [0.29, 0.717) is 31.8 Å². The Hall–Kier alpha value is -2.26. The molecule has 7 nitrogen and oxygen atoms in total. The molecule has 1 atom stereocenters. The minimum atomic E-state index is -3.92. The van der Waals surface area contributed by atoms with Gasteiger partial charge >= 0.3 is 0 Å². The highest BCUT2D eigenvalue weighted by Crippen LogP contribution is 2.32. The molecule has 0 bridgehead atoms. The Kier molecular flexibility index (Phi) is 7.14. The van der Waals surface area contributed by atoms with Gasteiger partial charge in [-0.15, -0.1) is 0 Å². The molecule has 2 aromatic rings. The van der Waals surface area contributed by atoms with Crippen LogP contribution in [0.1, 0.15) is 64.1 Å². The van der Waals surface area contributed by atoms with Crippen LogP contribution >= 0.6 is 0 Å². The molecule has 34 heavy (non-hydrogen) atoms. The van der Waals surface area contributed by atoms with Crippen LogP contribution < -0.4 is 0 Å². The van der Waals surface area contributed by atoms with Crippen LogP contribution in [0.4, 0.5) is 4.39 Å². The van der Waals surface area contributed by atoms with Crippen molar-refractivity contribution in [2.24, 2.45) is 5.41 Å². The lowest BCUT2D eigenvalue weighted by molar-refractivity contribution is -0.134. The summed E-state index contributed by atoms with van der Waals surface area (Å²) in [6.45, 7) is 7.38. The fourth-order valence-corrected chi connectivity index (χ4v) is 5.89. The number of rotatable bonds is 9. The maximum Gasteiger partial charge on any atom is 0.228 e. The summed E-state index contributed by atoms with van der Waals surface area (Å²) < 4.78 is 48.3. The zero-order chi connectivity index (χ0) is 24.5. The van der Waals surface area contributed by atoms with Crippen molar-refractivity contribution in [3.05, 3.63) is 47.5 Å². The molecule has 1 aromatic heterocycles. The zero-order valence-corrected chi connectivity index (χ0v) is 21.0. The molecule has 1 aliphatic carbocycles. The minimum absolute atomic E-state index is 0.0654. The molecule has 2 heterocycles. The fraction of sp³-hybridized carbons (Fsp3) is 0.600. The second kappa shape index (κ2) is 9.77. The lowest BCUT2D eigenvalue weighted by Crippen LogP contribution is -2.36. The largest absolute Gasteiger partial charge is 0.376 e. The number of hydrogen-bond acceptors (Lipinski definition) is 5. The molecule has 0 radical (unpaired) electrons. The van der Waals surface area contributed by atoms with Crippen LogP contribution in [0.3, 0.4) is 0 Å². The van der Waals surface area contributed by atoms with Crippen molar-refractivity contribution in [3.8, 4) is 0 Å². The number of imidazole rings is 1. The molecule has 1 saturated heterocycles. The van der Waals surface area contributed by atoms with E-state index in [1.54, 1.807) is 16.8 Å². The SMILES string of the molecule is CC(C)(C)CC(=O)N(Cc1cnc(S(=O)(=O)Cc2ccccc2F)n1CC1CCCO1)C1CC1. The van der Waals surface area contributed by atoms with Crippen molar-refractivity contribution < 1.29 is 22.3 Å². The van der Waals surface area contributed by atoms with E-state index in [0.717, 1.165) is 25.7 Å². The first kappa shape index (κ1) is 24.9. The maximum atomic E-state index is 14.2. The van der Waals surface area contributed by atoms with E-state index in [1.807, 2.05) is 25.7 Å². The van der Waals surface area contributed by atoms with E-state index in [1.165, 1.54) is 18.2 Å². The molecule has 0 N–H and O–H groups in total. The molecule has 4 rings (SSSR count). The molecule has 186 valence electrons. The number of hydrogen-bond donors (Lipinski definition) is 0. The third kappa shape index (κ3) is 6.05. The summed E-state index contributed by atoms with van der Waals surface area (Å²) in [7, 11) is -3.92.